The third kappa shape index (κ3) is 4.69. The zero-order valence-corrected chi connectivity index (χ0v) is 15.7. The van der Waals surface area contributed by atoms with Crippen LogP contribution in [0.4, 0.5) is 10.1 Å². The second-order valence-electron chi connectivity index (χ2n) is 5.48. The second-order valence-corrected chi connectivity index (χ2v) is 7.60. The van der Waals surface area contributed by atoms with Gasteiger partial charge in [-0.15, -0.1) is 0 Å². The molecule has 0 aromatic heterocycles. The Balaban J connectivity index is 1.90. The molecule has 0 heterocycles. The number of anilines is 1. The van der Waals surface area contributed by atoms with Crippen LogP contribution in [-0.2, 0) is 10.0 Å². The number of hydrogen-bond acceptors (Lipinski definition) is 4. The molecule has 0 amide bonds. The number of rotatable bonds is 6. The summed E-state index contributed by atoms with van der Waals surface area (Å²) in [5.41, 5.74) is 0.155. The number of hydrogen-bond donors (Lipinski definition) is 1. The fourth-order valence-electron chi connectivity index (χ4n) is 2.26. The number of nitrogens with one attached hydrogen (secondary N) is 1. The predicted molar refractivity (Wildman–Crippen MR) is 102 cm³/mol. The van der Waals surface area contributed by atoms with Crippen LogP contribution in [0.25, 0.3) is 0 Å². The summed E-state index contributed by atoms with van der Waals surface area (Å²) in [6.07, 6.45) is 0. The van der Waals surface area contributed by atoms with Crippen LogP contribution in [0.3, 0.4) is 0 Å². The molecule has 0 fully saturated rings. The summed E-state index contributed by atoms with van der Waals surface area (Å²) in [6, 6.07) is 15.9. The normalized spacial score (nSPS) is 11.1. The van der Waals surface area contributed by atoms with Crippen molar-refractivity contribution < 1.29 is 22.3 Å². The highest BCUT2D eigenvalue weighted by Gasteiger charge is 2.17. The lowest BCUT2D eigenvalue weighted by molar-refractivity contribution is 0.413. The van der Waals surface area contributed by atoms with Gasteiger partial charge in [-0.1, -0.05) is 11.6 Å². The average Bonchev–Trinajstić information content (AvgIpc) is 2.64. The highest BCUT2D eigenvalue weighted by molar-refractivity contribution is 7.92. The van der Waals surface area contributed by atoms with E-state index in [1.807, 2.05) is 0 Å². The molecule has 0 unspecified atom stereocenters. The first-order chi connectivity index (χ1) is 12.9. The molecule has 0 saturated heterocycles. The van der Waals surface area contributed by atoms with E-state index in [4.69, 9.17) is 21.1 Å². The van der Waals surface area contributed by atoms with E-state index in [1.165, 1.54) is 18.2 Å². The fraction of sp³-hybridized carbons (Fsp3) is 0.0526. The van der Waals surface area contributed by atoms with Crippen LogP contribution in [0, 0.1) is 5.82 Å². The molecular formula is C19H15ClFNO4S. The lowest BCUT2D eigenvalue weighted by Gasteiger charge is -2.14. The molecule has 0 spiro atoms. The monoisotopic (exact) mass is 407 g/mol. The van der Waals surface area contributed by atoms with Gasteiger partial charge in [-0.25, -0.2) is 12.8 Å². The topological polar surface area (TPSA) is 64.6 Å². The van der Waals surface area contributed by atoms with Gasteiger partial charge in [0.1, 0.15) is 17.3 Å². The first-order valence-corrected chi connectivity index (χ1v) is 9.63. The zero-order valence-electron chi connectivity index (χ0n) is 14.1. The van der Waals surface area contributed by atoms with Crippen LogP contribution in [0.2, 0.25) is 5.02 Å². The first-order valence-electron chi connectivity index (χ1n) is 7.77. The average molecular weight is 408 g/mol. The van der Waals surface area contributed by atoms with Crippen LogP contribution in [0.1, 0.15) is 0 Å². The van der Waals surface area contributed by atoms with Crippen molar-refractivity contribution in [2.45, 2.75) is 4.90 Å². The third-order valence-corrected chi connectivity index (χ3v) is 5.21. The molecule has 8 heteroatoms. The van der Waals surface area contributed by atoms with Crippen molar-refractivity contribution in [3.63, 3.8) is 0 Å². The van der Waals surface area contributed by atoms with E-state index in [0.29, 0.717) is 16.5 Å². The minimum Gasteiger partial charge on any atom is -0.497 e. The maximum Gasteiger partial charge on any atom is 0.262 e. The summed E-state index contributed by atoms with van der Waals surface area (Å²) < 4.78 is 51.5. The fourth-order valence-corrected chi connectivity index (χ4v) is 3.49. The minimum atomic E-state index is -3.95. The molecule has 0 radical (unpaired) electrons. The highest BCUT2D eigenvalue weighted by Crippen LogP contribution is 2.34. The quantitative estimate of drug-likeness (QED) is 0.618. The van der Waals surface area contributed by atoms with Crippen molar-refractivity contribution in [2.75, 3.05) is 11.8 Å². The standard InChI is InChI=1S/C19H15ClFNO4S/c1-25-15-5-7-16(8-6-15)26-19-11-2-13(20)12-18(19)22-27(23,24)17-9-3-14(21)4-10-17/h2-12,22H,1H3. The lowest BCUT2D eigenvalue weighted by Crippen LogP contribution is -2.13. The van der Waals surface area contributed by atoms with Gasteiger partial charge in [0, 0.05) is 5.02 Å². The lowest BCUT2D eigenvalue weighted by atomic mass is 10.3. The minimum absolute atomic E-state index is 0.0840. The van der Waals surface area contributed by atoms with Crippen LogP contribution >= 0.6 is 11.6 Å². The van der Waals surface area contributed by atoms with Crippen LogP contribution in [0.15, 0.2) is 71.6 Å². The van der Waals surface area contributed by atoms with Gasteiger partial charge in [0.2, 0.25) is 0 Å². The Bertz CT molecular complexity index is 1040. The zero-order chi connectivity index (χ0) is 19.4. The summed E-state index contributed by atoms with van der Waals surface area (Å²) in [5, 5.41) is 0.328. The summed E-state index contributed by atoms with van der Waals surface area (Å²) in [6.45, 7) is 0. The van der Waals surface area contributed by atoms with E-state index >= 15 is 0 Å². The molecule has 3 aromatic carbocycles. The van der Waals surface area contributed by atoms with Gasteiger partial charge in [0.15, 0.2) is 5.75 Å². The molecule has 1 N–H and O–H groups in total. The number of ether oxygens (including phenoxy) is 2. The SMILES string of the molecule is COc1ccc(Oc2ccc(Cl)cc2NS(=O)(=O)c2ccc(F)cc2)cc1. The van der Waals surface area contributed by atoms with E-state index in [-0.39, 0.29) is 16.3 Å². The Morgan fingerprint density at radius 2 is 1.56 bits per heavy atom. The van der Waals surface area contributed by atoms with Crippen molar-refractivity contribution in [1.82, 2.24) is 0 Å². The first kappa shape index (κ1) is 19.0. The maximum absolute atomic E-state index is 13.1. The van der Waals surface area contributed by atoms with E-state index < -0.39 is 15.8 Å². The molecule has 0 aliphatic rings. The van der Waals surface area contributed by atoms with Gasteiger partial charge < -0.3 is 9.47 Å². The molecule has 3 aromatic rings. The largest absolute Gasteiger partial charge is 0.497 e. The molecule has 0 bridgehead atoms. The number of methoxy groups -OCH3 is 1. The summed E-state index contributed by atoms with van der Waals surface area (Å²) in [4.78, 5) is -0.0840. The maximum atomic E-state index is 13.1. The molecular weight excluding hydrogens is 393 g/mol. The molecule has 5 nitrogen and oxygen atoms in total. The Hall–Kier alpha value is -2.77. The van der Waals surface area contributed by atoms with Crippen LogP contribution in [-0.4, -0.2) is 15.5 Å². The second kappa shape index (κ2) is 7.85. The predicted octanol–water partition coefficient (Wildman–Crippen LogP) is 5.08. The Morgan fingerprint density at radius 3 is 2.19 bits per heavy atom. The number of benzene rings is 3. The molecule has 0 aliphatic heterocycles. The summed E-state index contributed by atoms with van der Waals surface area (Å²) >= 11 is 6.00. The number of sulfonamides is 1. The van der Waals surface area contributed by atoms with Crippen LogP contribution in [0.5, 0.6) is 17.2 Å². The van der Waals surface area contributed by atoms with Crippen molar-refractivity contribution in [1.29, 1.82) is 0 Å². The third-order valence-electron chi connectivity index (χ3n) is 3.60. The van der Waals surface area contributed by atoms with Gasteiger partial charge in [-0.05, 0) is 66.7 Å². The molecule has 0 atom stereocenters. The highest BCUT2D eigenvalue weighted by atomic mass is 35.5. The van der Waals surface area contributed by atoms with Crippen LogP contribution < -0.4 is 14.2 Å². The van der Waals surface area contributed by atoms with E-state index in [0.717, 1.165) is 12.1 Å². The van der Waals surface area contributed by atoms with Crippen molar-refractivity contribution in [3.8, 4) is 17.2 Å². The Labute approximate surface area is 161 Å². The van der Waals surface area contributed by atoms with Gasteiger partial charge in [-0.2, -0.15) is 0 Å². The van der Waals surface area contributed by atoms with Gasteiger partial charge in [0.25, 0.3) is 10.0 Å². The molecule has 3 rings (SSSR count). The van der Waals surface area contributed by atoms with Crippen molar-refractivity contribution in [3.05, 3.63) is 77.6 Å². The van der Waals surface area contributed by atoms with Gasteiger partial charge >= 0.3 is 0 Å². The van der Waals surface area contributed by atoms with Crippen molar-refractivity contribution >= 4 is 27.3 Å². The molecule has 0 saturated carbocycles. The summed E-state index contributed by atoms with van der Waals surface area (Å²) in [7, 11) is -2.39. The van der Waals surface area contributed by atoms with E-state index in [2.05, 4.69) is 4.72 Å². The van der Waals surface area contributed by atoms with Gasteiger partial charge in [0.05, 0.1) is 17.7 Å². The Morgan fingerprint density at radius 1 is 0.926 bits per heavy atom. The summed E-state index contributed by atoms with van der Waals surface area (Å²) in [5.74, 6) is 0.881. The molecule has 0 aliphatic carbocycles. The van der Waals surface area contributed by atoms with Gasteiger partial charge in [-0.3, -0.25) is 4.72 Å². The van der Waals surface area contributed by atoms with Crippen molar-refractivity contribution in [2.24, 2.45) is 0 Å². The Kier molecular flexibility index (Phi) is 5.53. The van der Waals surface area contributed by atoms with E-state index in [1.54, 1.807) is 43.5 Å². The van der Waals surface area contributed by atoms with E-state index in [9.17, 15) is 12.8 Å². The molecule has 140 valence electrons. The number of halogens is 2. The molecule has 27 heavy (non-hydrogen) atoms. The smallest absolute Gasteiger partial charge is 0.262 e.